The molecule has 0 aliphatic carbocycles. The van der Waals surface area contributed by atoms with E-state index < -0.39 is 0 Å². The van der Waals surface area contributed by atoms with Crippen LogP contribution < -0.4 is 5.32 Å². The van der Waals surface area contributed by atoms with Gasteiger partial charge in [-0.1, -0.05) is 0 Å². The van der Waals surface area contributed by atoms with Gasteiger partial charge in [-0.25, -0.2) is 0 Å². The van der Waals surface area contributed by atoms with Gasteiger partial charge in [0.15, 0.2) is 0 Å². The van der Waals surface area contributed by atoms with E-state index in [-0.39, 0.29) is 5.54 Å². The van der Waals surface area contributed by atoms with Gasteiger partial charge in [-0.3, -0.25) is 4.90 Å². The van der Waals surface area contributed by atoms with Gasteiger partial charge in [-0.05, 0) is 27.7 Å². The van der Waals surface area contributed by atoms with E-state index in [1.54, 1.807) is 0 Å². The number of hydrogen-bond donors (Lipinski definition) is 1. The first-order valence-corrected chi connectivity index (χ1v) is 5.60. The zero-order valence-electron chi connectivity index (χ0n) is 9.97. The molecule has 0 amide bonds. The minimum atomic E-state index is 0.276. The van der Waals surface area contributed by atoms with Gasteiger partial charge in [0, 0.05) is 31.7 Å². The molecule has 1 heterocycles. The van der Waals surface area contributed by atoms with Crippen molar-refractivity contribution in [3.05, 3.63) is 0 Å². The average Bonchev–Trinajstić information content (AvgIpc) is 2.07. The standard InChI is InChI=1S/C11H24N2O/c1-10(2)14-8-7-13-6-5-12-9-11(13,3)4/h10,12H,5-9H2,1-4H3. The van der Waals surface area contributed by atoms with Crippen molar-refractivity contribution in [2.45, 2.75) is 39.3 Å². The molecular weight excluding hydrogens is 176 g/mol. The smallest absolute Gasteiger partial charge is 0.0597 e. The second-order valence-electron chi connectivity index (χ2n) is 4.90. The molecule has 1 saturated heterocycles. The van der Waals surface area contributed by atoms with Crippen molar-refractivity contribution >= 4 is 0 Å². The molecule has 0 spiro atoms. The van der Waals surface area contributed by atoms with Crippen molar-refractivity contribution in [2.75, 3.05) is 32.8 Å². The molecule has 1 aliphatic heterocycles. The van der Waals surface area contributed by atoms with Crippen LogP contribution in [0.5, 0.6) is 0 Å². The second kappa shape index (κ2) is 5.10. The summed E-state index contributed by atoms with van der Waals surface area (Å²) in [5, 5.41) is 3.42. The quantitative estimate of drug-likeness (QED) is 0.735. The highest BCUT2D eigenvalue weighted by Gasteiger charge is 2.28. The van der Waals surface area contributed by atoms with E-state index in [9.17, 15) is 0 Å². The van der Waals surface area contributed by atoms with Crippen LogP contribution in [0.15, 0.2) is 0 Å². The van der Waals surface area contributed by atoms with Crippen LogP contribution in [0, 0.1) is 0 Å². The zero-order chi connectivity index (χ0) is 10.6. The Bertz CT molecular complexity index is 169. The maximum Gasteiger partial charge on any atom is 0.0597 e. The third kappa shape index (κ3) is 3.56. The molecule has 1 fully saturated rings. The SMILES string of the molecule is CC(C)OCCN1CCNCC1(C)C. The third-order valence-electron chi connectivity index (χ3n) is 2.78. The van der Waals surface area contributed by atoms with Crippen LogP contribution in [-0.4, -0.2) is 49.3 Å². The van der Waals surface area contributed by atoms with E-state index in [0.29, 0.717) is 6.10 Å². The van der Waals surface area contributed by atoms with Crippen LogP contribution in [0.4, 0.5) is 0 Å². The number of ether oxygens (including phenoxy) is 1. The van der Waals surface area contributed by atoms with Crippen LogP contribution in [-0.2, 0) is 4.74 Å². The Balaban J connectivity index is 2.27. The minimum Gasteiger partial charge on any atom is -0.377 e. The highest BCUT2D eigenvalue weighted by molar-refractivity contribution is 4.87. The molecule has 1 rings (SSSR count). The van der Waals surface area contributed by atoms with Crippen LogP contribution >= 0.6 is 0 Å². The van der Waals surface area contributed by atoms with Crippen molar-refractivity contribution < 1.29 is 4.74 Å². The molecule has 14 heavy (non-hydrogen) atoms. The molecule has 1 aliphatic rings. The van der Waals surface area contributed by atoms with E-state index in [1.807, 2.05) is 0 Å². The molecule has 0 bridgehead atoms. The van der Waals surface area contributed by atoms with Gasteiger partial charge in [0.25, 0.3) is 0 Å². The average molecular weight is 200 g/mol. The summed E-state index contributed by atoms with van der Waals surface area (Å²) in [6.45, 7) is 14.0. The molecule has 0 atom stereocenters. The summed E-state index contributed by atoms with van der Waals surface area (Å²) in [5.74, 6) is 0. The molecule has 0 radical (unpaired) electrons. The number of piperazine rings is 1. The van der Waals surface area contributed by atoms with Crippen LogP contribution in [0.3, 0.4) is 0 Å². The van der Waals surface area contributed by atoms with E-state index in [1.165, 1.54) is 0 Å². The predicted molar refractivity (Wildman–Crippen MR) is 59.6 cm³/mol. The zero-order valence-corrected chi connectivity index (χ0v) is 9.97. The first-order chi connectivity index (χ1) is 6.52. The highest BCUT2D eigenvalue weighted by atomic mass is 16.5. The molecular formula is C11H24N2O. The van der Waals surface area contributed by atoms with Gasteiger partial charge in [-0.15, -0.1) is 0 Å². The number of rotatable bonds is 4. The van der Waals surface area contributed by atoms with Crippen molar-refractivity contribution in [1.82, 2.24) is 10.2 Å². The maximum atomic E-state index is 5.58. The summed E-state index contributed by atoms with van der Waals surface area (Å²) in [7, 11) is 0. The van der Waals surface area contributed by atoms with Gasteiger partial charge in [-0.2, -0.15) is 0 Å². The Morgan fingerprint density at radius 1 is 1.43 bits per heavy atom. The highest BCUT2D eigenvalue weighted by Crippen LogP contribution is 2.15. The monoisotopic (exact) mass is 200 g/mol. The predicted octanol–water partition coefficient (Wildman–Crippen LogP) is 1.10. The number of nitrogens with one attached hydrogen (secondary N) is 1. The molecule has 3 nitrogen and oxygen atoms in total. The van der Waals surface area contributed by atoms with Gasteiger partial charge in [0.1, 0.15) is 0 Å². The molecule has 0 aromatic carbocycles. The van der Waals surface area contributed by atoms with Crippen LogP contribution in [0.1, 0.15) is 27.7 Å². The second-order valence-corrected chi connectivity index (χ2v) is 4.90. The summed E-state index contributed by atoms with van der Waals surface area (Å²) >= 11 is 0. The summed E-state index contributed by atoms with van der Waals surface area (Å²) in [5.41, 5.74) is 0.276. The normalized spacial score (nSPS) is 22.9. The Morgan fingerprint density at radius 2 is 2.14 bits per heavy atom. The van der Waals surface area contributed by atoms with Crippen LogP contribution in [0.2, 0.25) is 0 Å². The van der Waals surface area contributed by atoms with E-state index in [2.05, 4.69) is 37.9 Å². The third-order valence-corrected chi connectivity index (χ3v) is 2.78. The lowest BCUT2D eigenvalue weighted by atomic mass is 10.0. The first-order valence-electron chi connectivity index (χ1n) is 5.60. The van der Waals surface area contributed by atoms with Gasteiger partial charge < -0.3 is 10.1 Å². The summed E-state index contributed by atoms with van der Waals surface area (Å²) in [6.07, 6.45) is 0.348. The Labute approximate surface area is 87.8 Å². The van der Waals surface area contributed by atoms with Crippen molar-refractivity contribution in [3.63, 3.8) is 0 Å². The lowest BCUT2D eigenvalue weighted by molar-refractivity contribution is 0.0213. The van der Waals surface area contributed by atoms with Gasteiger partial charge >= 0.3 is 0 Å². The summed E-state index contributed by atoms with van der Waals surface area (Å²) in [4.78, 5) is 2.51. The molecule has 3 heteroatoms. The summed E-state index contributed by atoms with van der Waals surface area (Å²) < 4.78 is 5.58. The first kappa shape index (κ1) is 12.0. The lowest BCUT2D eigenvalue weighted by Gasteiger charge is -2.42. The van der Waals surface area contributed by atoms with Crippen LogP contribution in [0.25, 0.3) is 0 Å². The summed E-state index contributed by atoms with van der Waals surface area (Å²) in [6, 6.07) is 0. The van der Waals surface area contributed by atoms with Gasteiger partial charge in [0.05, 0.1) is 12.7 Å². The van der Waals surface area contributed by atoms with Gasteiger partial charge in [0.2, 0.25) is 0 Å². The molecule has 0 unspecified atom stereocenters. The van der Waals surface area contributed by atoms with Crippen molar-refractivity contribution in [1.29, 1.82) is 0 Å². The minimum absolute atomic E-state index is 0.276. The lowest BCUT2D eigenvalue weighted by Crippen LogP contribution is -2.58. The largest absolute Gasteiger partial charge is 0.377 e. The van der Waals surface area contributed by atoms with E-state index >= 15 is 0 Å². The maximum absolute atomic E-state index is 5.58. The fraction of sp³-hybridized carbons (Fsp3) is 1.00. The van der Waals surface area contributed by atoms with Crippen molar-refractivity contribution in [3.8, 4) is 0 Å². The fourth-order valence-electron chi connectivity index (χ4n) is 1.84. The molecule has 0 aromatic heterocycles. The molecule has 84 valence electrons. The molecule has 1 N–H and O–H groups in total. The number of hydrogen-bond acceptors (Lipinski definition) is 3. The van der Waals surface area contributed by atoms with Crippen molar-refractivity contribution in [2.24, 2.45) is 0 Å². The van der Waals surface area contributed by atoms with E-state index in [4.69, 9.17) is 4.74 Å². The fourth-order valence-corrected chi connectivity index (χ4v) is 1.84. The Hall–Kier alpha value is -0.120. The number of nitrogens with zero attached hydrogens (tertiary/aromatic N) is 1. The van der Waals surface area contributed by atoms with E-state index in [0.717, 1.165) is 32.8 Å². The topological polar surface area (TPSA) is 24.5 Å². The Morgan fingerprint density at radius 3 is 2.71 bits per heavy atom. The molecule has 0 aromatic rings. The molecule has 0 saturated carbocycles. The Kier molecular flexibility index (Phi) is 4.35.